The molecule has 3 rings (SSSR count). The minimum atomic E-state index is 0.297. The van der Waals surface area contributed by atoms with Gasteiger partial charge in [0.15, 0.2) is 0 Å². The van der Waals surface area contributed by atoms with Crippen LogP contribution in [0, 0.1) is 0 Å². The van der Waals surface area contributed by atoms with Crippen LogP contribution < -0.4 is 10.2 Å². The molecule has 1 aliphatic heterocycles. The molecule has 6 nitrogen and oxygen atoms in total. The molecule has 0 amide bonds. The first-order valence-electron chi connectivity index (χ1n) is 7.71. The zero-order chi connectivity index (χ0) is 16.2. The summed E-state index contributed by atoms with van der Waals surface area (Å²) in [5, 5.41) is 3.28. The molecule has 2 aromatic heterocycles. The van der Waals surface area contributed by atoms with Gasteiger partial charge in [0.25, 0.3) is 0 Å². The van der Waals surface area contributed by atoms with Gasteiger partial charge in [-0.1, -0.05) is 13.8 Å². The second-order valence-electron chi connectivity index (χ2n) is 5.71. The summed E-state index contributed by atoms with van der Waals surface area (Å²) >= 11 is 3.62. The maximum Gasteiger partial charge on any atom is 0.143 e. The Morgan fingerprint density at radius 2 is 2.04 bits per heavy atom. The molecule has 0 atom stereocenters. The van der Waals surface area contributed by atoms with Gasteiger partial charge in [0, 0.05) is 25.2 Å². The van der Waals surface area contributed by atoms with Crippen molar-refractivity contribution in [1.29, 1.82) is 0 Å². The summed E-state index contributed by atoms with van der Waals surface area (Å²) in [4.78, 5) is 15.6. The van der Waals surface area contributed by atoms with Crippen LogP contribution in [0.3, 0.4) is 0 Å². The third-order valence-electron chi connectivity index (χ3n) is 3.60. The predicted molar refractivity (Wildman–Crippen MR) is 94.4 cm³/mol. The van der Waals surface area contributed by atoms with Gasteiger partial charge in [-0.05, 0) is 28.1 Å². The van der Waals surface area contributed by atoms with Crippen molar-refractivity contribution >= 4 is 33.3 Å². The van der Waals surface area contributed by atoms with Gasteiger partial charge in [0.1, 0.15) is 17.5 Å². The zero-order valence-electron chi connectivity index (χ0n) is 13.3. The third-order valence-corrected chi connectivity index (χ3v) is 4.18. The molecule has 0 bridgehead atoms. The lowest BCUT2D eigenvalue weighted by Crippen LogP contribution is -2.36. The van der Waals surface area contributed by atoms with E-state index in [2.05, 4.69) is 54.9 Å². The lowest BCUT2D eigenvalue weighted by molar-refractivity contribution is 0.122. The van der Waals surface area contributed by atoms with Crippen molar-refractivity contribution in [2.24, 2.45) is 0 Å². The fourth-order valence-corrected chi connectivity index (χ4v) is 2.98. The van der Waals surface area contributed by atoms with E-state index >= 15 is 0 Å². The molecular weight excluding hydrogens is 358 g/mol. The quantitative estimate of drug-likeness (QED) is 0.881. The van der Waals surface area contributed by atoms with Crippen LogP contribution in [-0.2, 0) is 4.74 Å². The maximum atomic E-state index is 5.38. The maximum absolute atomic E-state index is 5.38. The highest BCUT2D eigenvalue weighted by atomic mass is 79.9. The highest BCUT2D eigenvalue weighted by molar-refractivity contribution is 9.10. The molecule has 0 aromatic carbocycles. The van der Waals surface area contributed by atoms with Gasteiger partial charge in [-0.25, -0.2) is 15.0 Å². The summed E-state index contributed by atoms with van der Waals surface area (Å²) in [5.41, 5.74) is 0.891. The Labute approximate surface area is 144 Å². The van der Waals surface area contributed by atoms with Gasteiger partial charge in [-0.2, -0.15) is 0 Å². The van der Waals surface area contributed by atoms with Gasteiger partial charge in [-0.3, -0.25) is 0 Å². The molecule has 23 heavy (non-hydrogen) atoms. The molecule has 0 aliphatic carbocycles. The van der Waals surface area contributed by atoms with E-state index in [9.17, 15) is 0 Å². The Balaban J connectivity index is 1.76. The first-order valence-corrected chi connectivity index (χ1v) is 8.51. The third kappa shape index (κ3) is 3.97. The molecule has 122 valence electrons. The molecule has 0 spiro atoms. The summed E-state index contributed by atoms with van der Waals surface area (Å²) in [6.07, 6.45) is 3.60. The number of aromatic nitrogens is 3. The SMILES string of the molecule is CC(C)c1nccc(Nc2cnc(N3CCOCC3)c(Br)c2)n1. The highest BCUT2D eigenvalue weighted by Gasteiger charge is 2.15. The lowest BCUT2D eigenvalue weighted by atomic mass is 10.2. The lowest BCUT2D eigenvalue weighted by Gasteiger charge is -2.28. The standard InChI is InChI=1S/C16H20BrN5O/c1-11(2)15-18-4-3-14(21-15)20-12-9-13(17)16(19-10-12)22-5-7-23-8-6-22/h3-4,9-11H,5-8H2,1-2H3,(H,18,20,21). The number of hydrogen-bond donors (Lipinski definition) is 1. The van der Waals surface area contributed by atoms with Crippen LogP contribution >= 0.6 is 15.9 Å². The van der Waals surface area contributed by atoms with Crippen LogP contribution in [0.15, 0.2) is 29.0 Å². The van der Waals surface area contributed by atoms with Gasteiger partial charge < -0.3 is 15.0 Å². The number of ether oxygens (including phenoxy) is 1. The molecule has 0 saturated carbocycles. The summed E-state index contributed by atoms with van der Waals surface area (Å²) in [5.74, 6) is 2.85. The highest BCUT2D eigenvalue weighted by Crippen LogP contribution is 2.28. The Kier molecular flexibility index (Phi) is 5.07. The molecule has 1 aliphatic rings. The Hall–Kier alpha value is -1.73. The Morgan fingerprint density at radius 1 is 1.26 bits per heavy atom. The number of nitrogens with one attached hydrogen (secondary N) is 1. The number of morpholine rings is 1. The van der Waals surface area contributed by atoms with Crippen molar-refractivity contribution < 1.29 is 4.74 Å². The topological polar surface area (TPSA) is 63.2 Å². The molecular formula is C16H20BrN5O. The van der Waals surface area contributed by atoms with E-state index in [4.69, 9.17) is 4.74 Å². The largest absolute Gasteiger partial charge is 0.378 e. The fraction of sp³-hybridized carbons (Fsp3) is 0.438. The van der Waals surface area contributed by atoms with Crippen molar-refractivity contribution in [3.05, 3.63) is 34.8 Å². The van der Waals surface area contributed by atoms with E-state index in [1.165, 1.54) is 0 Å². The molecule has 0 unspecified atom stereocenters. The zero-order valence-corrected chi connectivity index (χ0v) is 14.9. The van der Waals surface area contributed by atoms with E-state index < -0.39 is 0 Å². The number of hydrogen-bond acceptors (Lipinski definition) is 6. The van der Waals surface area contributed by atoms with Crippen LogP contribution in [0.4, 0.5) is 17.3 Å². The minimum Gasteiger partial charge on any atom is -0.378 e. The molecule has 7 heteroatoms. The van der Waals surface area contributed by atoms with Gasteiger partial charge in [-0.15, -0.1) is 0 Å². The summed E-state index contributed by atoms with van der Waals surface area (Å²) in [6, 6.07) is 3.88. The van der Waals surface area contributed by atoms with Crippen LogP contribution in [0.5, 0.6) is 0 Å². The van der Waals surface area contributed by atoms with Crippen molar-refractivity contribution in [3.63, 3.8) is 0 Å². The number of pyridine rings is 1. The summed E-state index contributed by atoms with van der Waals surface area (Å²) in [7, 11) is 0. The first kappa shape index (κ1) is 16.1. The van der Waals surface area contributed by atoms with E-state index in [0.29, 0.717) is 5.92 Å². The van der Waals surface area contributed by atoms with Crippen molar-refractivity contribution in [3.8, 4) is 0 Å². The molecule has 1 N–H and O–H groups in total. The van der Waals surface area contributed by atoms with Crippen LogP contribution in [0.2, 0.25) is 0 Å². The van der Waals surface area contributed by atoms with E-state index in [-0.39, 0.29) is 0 Å². The monoisotopic (exact) mass is 377 g/mol. The molecule has 1 fully saturated rings. The fourth-order valence-electron chi connectivity index (χ4n) is 2.38. The molecule has 3 heterocycles. The van der Waals surface area contributed by atoms with Gasteiger partial charge in [0.2, 0.25) is 0 Å². The number of nitrogens with zero attached hydrogens (tertiary/aromatic N) is 4. The van der Waals surface area contributed by atoms with E-state index in [1.54, 1.807) is 6.20 Å². The average Bonchev–Trinajstić information content (AvgIpc) is 2.56. The normalized spacial score (nSPS) is 15.0. The van der Waals surface area contributed by atoms with Crippen molar-refractivity contribution in [1.82, 2.24) is 15.0 Å². The smallest absolute Gasteiger partial charge is 0.143 e. The van der Waals surface area contributed by atoms with Gasteiger partial charge >= 0.3 is 0 Å². The van der Waals surface area contributed by atoms with Crippen LogP contribution in [-0.4, -0.2) is 41.3 Å². The Morgan fingerprint density at radius 3 is 2.74 bits per heavy atom. The molecule has 2 aromatic rings. The van der Waals surface area contributed by atoms with Crippen molar-refractivity contribution in [2.45, 2.75) is 19.8 Å². The average molecular weight is 378 g/mol. The number of halogens is 1. The van der Waals surface area contributed by atoms with E-state index in [1.807, 2.05) is 18.3 Å². The van der Waals surface area contributed by atoms with E-state index in [0.717, 1.165) is 53.9 Å². The Bertz CT molecular complexity index is 673. The first-order chi connectivity index (χ1) is 11.1. The summed E-state index contributed by atoms with van der Waals surface area (Å²) in [6.45, 7) is 7.37. The van der Waals surface area contributed by atoms with Crippen LogP contribution in [0.1, 0.15) is 25.6 Å². The van der Waals surface area contributed by atoms with Crippen molar-refractivity contribution in [2.75, 3.05) is 36.5 Å². The second-order valence-corrected chi connectivity index (χ2v) is 6.56. The predicted octanol–water partition coefficient (Wildman–Crippen LogP) is 3.34. The van der Waals surface area contributed by atoms with Gasteiger partial charge in [0.05, 0.1) is 29.6 Å². The summed E-state index contributed by atoms with van der Waals surface area (Å²) < 4.78 is 6.34. The van der Waals surface area contributed by atoms with Crippen LogP contribution in [0.25, 0.3) is 0 Å². The second kappa shape index (κ2) is 7.23. The molecule has 0 radical (unpaired) electrons. The minimum absolute atomic E-state index is 0.297. The number of rotatable bonds is 4. The molecule has 1 saturated heterocycles. The number of anilines is 3.